The summed E-state index contributed by atoms with van der Waals surface area (Å²) in [6.45, 7) is 5.30. The largest absolute Gasteiger partial charge is 0.497 e. The van der Waals surface area contributed by atoms with Gasteiger partial charge in [-0.05, 0) is 74.2 Å². The number of piperazine rings is 1. The zero-order valence-electron chi connectivity index (χ0n) is 23.1. The monoisotopic (exact) mass is 603 g/mol. The number of ether oxygens (including phenoxy) is 2. The van der Waals surface area contributed by atoms with Gasteiger partial charge in [-0.1, -0.05) is 30.4 Å². The second kappa shape index (κ2) is 12.9. The molecule has 1 amide bonds. The lowest BCUT2D eigenvalue weighted by molar-refractivity contribution is -0.124. The van der Waals surface area contributed by atoms with Crippen molar-refractivity contribution in [2.24, 2.45) is 11.8 Å². The topological polar surface area (TPSA) is 67.2 Å². The third-order valence-corrected chi connectivity index (χ3v) is 10.1. The average molecular weight is 604 g/mol. The number of aryl methyl sites for hydroxylation is 1. The molecule has 1 aromatic heterocycles. The molecular weight excluding hydrogens is 566 g/mol. The zero-order valence-corrected chi connectivity index (χ0v) is 25.6. The summed E-state index contributed by atoms with van der Waals surface area (Å²) in [5, 5.41) is 3.42. The number of furan rings is 1. The number of amides is 1. The standard InChI is InChI=1S/C30H37N3O4S2.ClH/c1-35-23-14-22(15-24(17-23)36-2)26-16-21(4-3-9-32-10-7-31-8-11-32)27(37-26)18-28-29(34)33(30(38)39-28)25-13-19-5-6-20(25)12-19;/h14-20,25,31H,3-13H2,1-2H3;1H/b28-18+;. The molecular formula is C30H38ClN3O4S2. The van der Waals surface area contributed by atoms with Gasteiger partial charge in [-0.2, -0.15) is 0 Å². The highest BCUT2D eigenvalue weighted by molar-refractivity contribution is 8.26. The Bertz CT molecular complexity index is 1250. The first kappa shape index (κ1) is 29.5. The molecule has 0 radical (unpaired) electrons. The Balaban J connectivity index is 0.00000323. The van der Waals surface area contributed by atoms with Crippen molar-refractivity contribution in [2.45, 2.75) is 44.6 Å². The van der Waals surface area contributed by atoms with Crippen LogP contribution in [0.4, 0.5) is 0 Å². The summed E-state index contributed by atoms with van der Waals surface area (Å²) in [5.74, 6) is 4.26. The number of hydrogen-bond donors (Lipinski definition) is 1. The molecule has 2 aliphatic heterocycles. The van der Waals surface area contributed by atoms with Gasteiger partial charge in [-0.25, -0.2) is 0 Å². The minimum absolute atomic E-state index is 0. The van der Waals surface area contributed by atoms with Crippen LogP contribution in [0, 0.1) is 11.8 Å². The molecule has 10 heteroatoms. The number of carbonyl (C=O) groups excluding carboxylic acids is 1. The molecule has 4 aliphatic rings. The van der Waals surface area contributed by atoms with Crippen molar-refractivity contribution in [2.75, 3.05) is 46.9 Å². The van der Waals surface area contributed by atoms with Crippen LogP contribution in [-0.2, 0) is 11.2 Å². The fraction of sp³-hybridized carbons (Fsp3) is 0.533. The van der Waals surface area contributed by atoms with Gasteiger partial charge in [0.05, 0.1) is 19.1 Å². The van der Waals surface area contributed by atoms with Crippen LogP contribution >= 0.6 is 36.4 Å². The summed E-state index contributed by atoms with van der Waals surface area (Å²) in [6, 6.07) is 8.11. The van der Waals surface area contributed by atoms with Gasteiger partial charge in [0.25, 0.3) is 5.91 Å². The van der Waals surface area contributed by atoms with Crippen LogP contribution in [0.1, 0.15) is 43.4 Å². The predicted molar refractivity (Wildman–Crippen MR) is 166 cm³/mol. The van der Waals surface area contributed by atoms with Gasteiger partial charge in [0.1, 0.15) is 27.3 Å². The Morgan fingerprint density at radius 3 is 2.50 bits per heavy atom. The van der Waals surface area contributed by atoms with E-state index in [2.05, 4.69) is 16.3 Å². The number of methoxy groups -OCH3 is 2. The van der Waals surface area contributed by atoms with Gasteiger partial charge in [-0.3, -0.25) is 9.69 Å². The first-order valence-electron chi connectivity index (χ1n) is 14.1. The number of fused-ring (bicyclic) bond motifs is 2. The molecule has 0 spiro atoms. The first-order chi connectivity index (χ1) is 19.0. The SMILES string of the molecule is COc1cc(OC)cc(-c2cc(CCCN3CCNCC3)c(/C=C3/SC(=S)N(C4CC5CCC4C5)C3=O)o2)c1.Cl. The van der Waals surface area contributed by atoms with Gasteiger partial charge in [-0.15, -0.1) is 12.4 Å². The molecule has 216 valence electrons. The molecule has 3 heterocycles. The number of thioether (sulfide) groups is 1. The maximum absolute atomic E-state index is 13.6. The van der Waals surface area contributed by atoms with Crippen molar-refractivity contribution in [3.8, 4) is 22.8 Å². The second-order valence-electron chi connectivity index (χ2n) is 11.1. The lowest BCUT2D eigenvalue weighted by atomic mass is 9.94. The van der Waals surface area contributed by atoms with Crippen LogP contribution in [0.5, 0.6) is 11.5 Å². The Kier molecular flexibility index (Phi) is 9.47. The fourth-order valence-corrected chi connectivity index (χ4v) is 8.04. The zero-order chi connectivity index (χ0) is 26.9. The van der Waals surface area contributed by atoms with E-state index in [9.17, 15) is 4.79 Å². The van der Waals surface area contributed by atoms with E-state index in [0.29, 0.717) is 26.6 Å². The summed E-state index contributed by atoms with van der Waals surface area (Å²) >= 11 is 7.15. The van der Waals surface area contributed by atoms with Crippen LogP contribution in [0.15, 0.2) is 33.6 Å². The first-order valence-corrected chi connectivity index (χ1v) is 15.3. The van der Waals surface area contributed by atoms with Crippen LogP contribution in [-0.4, -0.2) is 73.0 Å². The highest BCUT2D eigenvalue weighted by Crippen LogP contribution is 2.49. The quantitative estimate of drug-likeness (QED) is 0.293. The molecule has 40 heavy (non-hydrogen) atoms. The van der Waals surface area contributed by atoms with E-state index < -0.39 is 0 Å². The molecule has 3 unspecified atom stereocenters. The Hall–Kier alpha value is -2.04. The summed E-state index contributed by atoms with van der Waals surface area (Å²) in [6.07, 6.45) is 8.66. The third-order valence-electron chi connectivity index (χ3n) is 8.73. The Morgan fingerprint density at radius 1 is 1.10 bits per heavy atom. The van der Waals surface area contributed by atoms with Crippen molar-refractivity contribution >= 4 is 52.7 Å². The lowest BCUT2D eigenvalue weighted by Crippen LogP contribution is -2.43. The van der Waals surface area contributed by atoms with E-state index in [0.717, 1.165) is 80.6 Å². The molecule has 2 saturated carbocycles. The smallest absolute Gasteiger partial charge is 0.266 e. The summed E-state index contributed by atoms with van der Waals surface area (Å²) in [7, 11) is 3.29. The van der Waals surface area contributed by atoms with Crippen molar-refractivity contribution in [1.82, 2.24) is 15.1 Å². The second-order valence-corrected chi connectivity index (χ2v) is 12.8. The van der Waals surface area contributed by atoms with Crippen LogP contribution in [0.25, 0.3) is 17.4 Å². The van der Waals surface area contributed by atoms with Gasteiger partial charge in [0.2, 0.25) is 0 Å². The molecule has 2 bridgehead atoms. The molecule has 1 N–H and O–H groups in total. The number of benzene rings is 1. The molecule has 4 fully saturated rings. The minimum atomic E-state index is 0. The van der Waals surface area contributed by atoms with Gasteiger partial charge in [0, 0.05) is 49.9 Å². The molecule has 6 rings (SSSR count). The van der Waals surface area contributed by atoms with Crippen molar-refractivity contribution in [3.63, 3.8) is 0 Å². The maximum atomic E-state index is 13.6. The Labute approximate surface area is 252 Å². The van der Waals surface area contributed by atoms with Crippen molar-refractivity contribution in [1.29, 1.82) is 0 Å². The number of hydrogen-bond acceptors (Lipinski definition) is 8. The number of thiocarbonyl (C=S) groups is 1. The van der Waals surface area contributed by atoms with E-state index >= 15 is 0 Å². The van der Waals surface area contributed by atoms with Crippen LogP contribution in [0.3, 0.4) is 0 Å². The number of halogens is 1. The fourth-order valence-electron chi connectivity index (χ4n) is 6.69. The van der Waals surface area contributed by atoms with E-state index in [-0.39, 0.29) is 24.4 Å². The number of rotatable bonds is 9. The molecule has 2 aromatic rings. The molecule has 1 aromatic carbocycles. The number of carbonyl (C=O) groups is 1. The molecule has 3 atom stereocenters. The van der Waals surface area contributed by atoms with E-state index in [1.54, 1.807) is 14.2 Å². The third kappa shape index (κ3) is 6.09. The van der Waals surface area contributed by atoms with Crippen molar-refractivity contribution in [3.05, 3.63) is 40.5 Å². The van der Waals surface area contributed by atoms with E-state index in [1.165, 1.54) is 31.0 Å². The van der Waals surface area contributed by atoms with Gasteiger partial charge in [0.15, 0.2) is 0 Å². The molecule has 2 aliphatic carbocycles. The lowest BCUT2D eigenvalue weighted by Gasteiger charge is -2.30. The number of nitrogens with zero attached hydrogens (tertiary/aromatic N) is 2. The molecule has 7 nitrogen and oxygen atoms in total. The van der Waals surface area contributed by atoms with Gasteiger partial charge < -0.3 is 24.1 Å². The van der Waals surface area contributed by atoms with E-state index in [1.807, 2.05) is 29.2 Å². The average Bonchev–Trinajstić information content (AvgIpc) is 3.74. The predicted octanol–water partition coefficient (Wildman–Crippen LogP) is 5.61. The van der Waals surface area contributed by atoms with Crippen molar-refractivity contribution < 1.29 is 18.7 Å². The Morgan fingerprint density at radius 2 is 1.85 bits per heavy atom. The van der Waals surface area contributed by atoms with Gasteiger partial charge >= 0.3 is 0 Å². The summed E-state index contributed by atoms with van der Waals surface area (Å²) < 4.78 is 18.1. The normalized spacial score (nSPS) is 25.6. The van der Waals surface area contributed by atoms with Crippen LogP contribution in [0.2, 0.25) is 0 Å². The highest BCUT2D eigenvalue weighted by atomic mass is 35.5. The highest BCUT2D eigenvalue weighted by Gasteiger charge is 2.48. The summed E-state index contributed by atoms with van der Waals surface area (Å²) in [4.78, 5) is 18.7. The van der Waals surface area contributed by atoms with Crippen LogP contribution < -0.4 is 14.8 Å². The van der Waals surface area contributed by atoms with E-state index in [4.69, 9.17) is 26.1 Å². The number of nitrogens with one attached hydrogen (secondary N) is 1. The maximum Gasteiger partial charge on any atom is 0.266 e. The molecule has 2 saturated heterocycles. The summed E-state index contributed by atoms with van der Waals surface area (Å²) in [5.41, 5.74) is 1.98. The minimum Gasteiger partial charge on any atom is -0.497 e.